The van der Waals surface area contributed by atoms with Gasteiger partial charge in [0.2, 0.25) is 0 Å². The summed E-state index contributed by atoms with van der Waals surface area (Å²) in [6.07, 6.45) is 10.9. The normalized spacial score (nSPS) is 23.6. The van der Waals surface area contributed by atoms with Crippen LogP contribution in [0, 0.1) is 18.6 Å². The molecule has 1 aliphatic heterocycles. The molecule has 0 aromatic heterocycles. The molecule has 0 N–H and O–H groups in total. The van der Waals surface area contributed by atoms with Crippen molar-refractivity contribution in [3.8, 4) is 0 Å². The lowest BCUT2D eigenvalue weighted by Gasteiger charge is -2.47. The van der Waals surface area contributed by atoms with E-state index in [-0.39, 0.29) is 11.0 Å². The van der Waals surface area contributed by atoms with Crippen LogP contribution in [0.3, 0.4) is 0 Å². The van der Waals surface area contributed by atoms with E-state index in [0.717, 1.165) is 56.8 Å². The third-order valence-corrected chi connectivity index (χ3v) is 7.09. The summed E-state index contributed by atoms with van der Waals surface area (Å²) in [5.74, 6) is -0.965. The highest BCUT2D eigenvalue weighted by molar-refractivity contribution is 5.31. The van der Waals surface area contributed by atoms with Crippen LogP contribution in [0.4, 0.5) is 8.78 Å². The second kappa shape index (κ2) is 8.55. The topological polar surface area (TPSA) is 9.23 Å². The number of hydrogen-bond donors (Lipinski definition) is 0. The first-order valence-corrected chi connectivity index (χ1v) is 11.1. The van der Waals surface area contributed by atoms with Crippen molar-refractivity contribution in [1.82, 2.24) is 0 Å². The minimum Gasteiger partial charge on any atom is -0.375 e. The van der Waals surface area contributed by atoms with Crippen LogP contribution in [0.2, 0.25) is 0 Å². The van der Waals surface area contributed by atoms with Crippen molar-refractivity contribution < 1.29 is 13.5 Å². The summed E-state index contributed by atoms with van der Waals surface area (Å²) in [7, 11) is 0. The van der Waals surface area contributed by atoms with E-state index in [2.05, 4.69) is 31.2 Å². The van der Waals surface area contributed by atoms with Crippen molar-refractivity contribution >= 4 is 0 Å². The summed E-state index contributed by atoms with van der Waals surface area (Å²) in [4.78, 5) is 0. The monoisotopic (exact) mass is 398 g/mol. The molecule has 2 aliphatic rings. The Bertz CT molecular complexity index is 820. The molecule has 0 amide bonds. The maximum absolute atomic E-state index is 13.5. The highest BCUT2D eigenvalue weighted by Crippen LogP contribution is 2.50. The lowest BCUT2D eigenvalue weighted by Crippen LogP contribution is -2.46. The molecule has 1 aliphatic carbocycles. The minimum absolute atomic E-state index is 0.0632. The van der Waals surface area contributed by atoms with Crippen LogP contribution in [0.15, 0.2) is 42.5 Å². The second-order valence-corrected chi connectivity index (χ2v) is 9.30. The molecule has 1 saturated heterocycles. The summed E-state index contributed by atoms with van der Waals surface area (Å²) < 4.78 is 33.3. The van der Waals surface area contributed by atoms with Gasteiger partial charge in [-0.1, -0.05) is 49.1 Å². The number of hydrogen-bond acceptors (Lipinski definition) is 1. The Hall–Kier alpha value is -1.74. The van der Waals surface area contributed by atoms with Gasteiger partial charge in [-0.25, -0.2) is 8.78 Å². The Morgan fingerprint density at radius 3 is 2.41 bits per heavy atom. The summed E-state index contributed by atoms with van der Waals surface area (Å²) in [6, 6.07) is 12.9. The first-order valence-electron chi connectivity index (χ1n) is 11.1. The average molecular weight is 399 g/mol. The summed E-state index contributed by atoms with van der Waals surface area (Å²) >= 11 is 0. The fourth-order valence-corrected chi connectivity index (χ4v) is 5.69. The highest BCUT2D eigenvalue weighted by atomic mass is 19.1. The van der Waals surface area contributed by atoms with Crippen LogP contribution in [-0.2, 0) is 16.6 Å². The van der Waals surface area contributed by atoms with Gasteiger partial charge in [-0.2, -0.15) is 0 Å². The fraction of sp³-hybridized carbons (Fsp3) is 0.538. The van der Waals surface area contributed by atoms with Crippen LogP contribution in [0.1, 0.15) is 74.5 Å². The molecule has 2 fully saturated rings. The first-order chi connectivity index (χ1) is 14.0. The lowest BCUT2D eigenvalue weighted by atomic mass is 9.65. The van der Waals surface area contributed by atoms with Crippen LogP contribution in [-0.4, -0.2) is 12.2 Å². The lowest BCUT2D eigenvalue weighted by molar-refractivity contribution is -0.104. The molecule has 1 saturated carbocycles. The summed E-state index contributed by atoms with van der Waals surface area (Å²) in [5.41, 5.74) is 3.73. The molecule has 1 heterocycles. The highest BCUT2D eigenvalue weighted by Gasteiger charge is 2.47. The molecule has 3 heteroatoms. The zero-order valence-corrected chi connectivity index (χ0v) is 17.5. The van der Waals surface area contributed by atoms with Gasteiger partial charge >= 0.3 is 0 Å². The molecule has 0 bridgehead atoms. The van der Waals surface area contributed by atoms with E-state index in [4.69, 9.17) is 4.74 Å². The molecule has 156 valence electrons. The van der Waals surface area contributed by atoms with Gasteiger partial charge in [0.1, 0.15) is 11.6 Å². The largest absolute Gasteiger partial charge is 0.375 e. The van der Waals surface area contributed by atoms with Gasteiger partial charge in [-0.15, -0.1) is 0 Å². The first kappa shape index (κ1) is 20.5. The molecule has 0 radical (unpaired) electrons. The third-order valence-electron chi connectivity index (χ3n) is 7.09. The Labute approximate surface area is 173 Å². The predicted molar refractivity (Wildman–Crippen MR) is 113 cm³/mol. The third kappa shape index (κ3) is 4.71. The van der Waals surface area contributed by atoms with Gasteiger partial charge in [-0.05, 0) is 75.1 Å². The van der Waals surface area contributed by atoms with E-state index in [1.165, 1.54) is 48.9 Å². The fourth-order valence-electron chi connectivity index (χ4n) is 5.69. The molecule has 1 spiro atoms. The number of rotatable bonds is 6. The Balaban J connectivity index is 1.48. The van der Waals surface area contributed by atoms with Gasteiger partial charge in [0.25, 0.3) is 0 Å². The van der Waals surface area contributed by atoms with E-state index >= 15 is 0 Å². The van der Waals surface area contributed by atoms with Crippen molar-refractivity contribution in [3.63, 3.8) is 0 Å². The minimum atomic E-state index is -0.483. The van der Waals surface area contributed by atoms with Gasteiger partial charge in [0.15, 0.2) is 0 Å². The SMILES string of the molecule is Cc1cccc([C@]2(CCCCc3cc(F)cc(F)c3)CCOC3(CCCC3)C2)c1. The van der Waals surface area contributed by atoms with Gasteiger partial charge < -0.3 is 4.74 Å². The number of ether oxygens (including phenoxy) is 1. The average Bonchev–Trinajstić information content (AvgIpc) is 3.12. The maximum atomic E-state index is 13.5. The van der Waals surface area contributed by atoms with Crippen LogP contribution >= 0.6 is 0 Å². The van der Waals surface area contributed by atoms with E-state index < -0.39 is 11.6 Å². The zero-order chi connectivity index (χ0) is 20.3. The van der Waals surface area contributed by atoms with Crippen molar-refractivity contribution in [1.29, 1.82) is 0 Å². The quantitative estimate of drug-likeness (QED) is 0.474. The van der Waals surface area contributed by atoms with E-state index in [1.807, 2.05) is 0 Å². The van der Waals surface area contributed by atoms with Gasteiger partial charge in [0, 0.05) is 18.1 Å². The maximum Gasteiger partial charge on any atom is 0.126 e. The smallest absolute Gasteiger partial charge is 0.126 e. The van der Waals surface area contributed by atoms with Crippen LogP contribution in [0.5, 0.6) is 0 Å². The second-order valence-electron chi connectivity index (χ2n) is 9.30. The molecule has 0 unspecified atom stereocenters. The molecule has 2 aromatic carbocycles. The Morgan fingerprint density at radius 1 is 0.931 bits per heavy atom. The van der Waals surface area contributed by atoms with E-state index in [0.29, 0.717) is 0 Å². The molecule has 4 rings (SSSR count). The predicted octanol–water partition coefficient (Wildman–Crippen LogP) is 7.05. The standard InChI is InChI=1S/C26H32F2O/c1-20-7-6-9-22(15-20)25(13-14-29-26(19-25)11-4-5-12-26)10-3-2-8-21-16-23(27)18-24(28)17-21/h6-7,9,15-18H,2-5,8,10-14,19H2,1H3/t25-/m1/s1. The summed E-state index contributed by atoms with van der Waals surface area (Å²) in [5, 5.41) is 0. The molecule has 1 atom stereocenters. The van der Waals surface area contributed by atoms with Gasteiger partial charge in [-0.3, -0.25) is 0 Å². The number of aryl methyl sites for hydroxylation is 2. The summed E-state index contributed by atoms with van der Waals surface area (Å²) in [6.45, 7) is 3.00. The van der Waals surface area contributed by atoms with Crippen molar-refractivity contribution in [2.75, 3.05) is 6.61 Å². The van der Waals surface area contributed by atoms with Gasteiger partial charge in [0.05, 0.1) is 5.60 Å². The molecular formula is C26H32F2O. The zero-order valence-electron chi connectivity index (χ0n) is 17.5. The molecule has 2 aromatic rings. The Kier molecular flexibility index (Phi) is 6.06. The van der Waals surface area contributed by atoms with Crippen molar-refractivity contribution in [2.24, 2.45) is 0 Å². The number of halogens is 2. The van der Waals surface area contributed by atoms with E-state index in [1.54, 1.807) is 0 Å². The number of unbranched alkanes of at least 4 members (excludes halogenated alkanes) is 1. The van der Waals surface area contributed by atoms with Crippen LogP contribution < -0.4 is 0 Å². The van der Waals surface area contributed by atoms with Crippen molar-refractivity contribution in [3.05, 3.63) is 70.8 Å². The Morgan fingerprint density at radius 2 is 1.69 bits per heavy atom. The molecule has 29 heavy (non-hydrogen) atoms. The number of benzene rings is 2. The molecule has 1 nitrogen and oxygen atoms in total. The van der Waals surface area contributed by atoms with E-state index in [9.17, 15) is 8.78 Å². The van der Waals surface area contributed by atoms with Crippen LogP contribution in [0.25, 0.3) is 0 Å². The molecular weight excluding hydrogens is 366 g/mol. The van der Waals surface area contributed by atoms with Crippen molar-refractivity contribution in [2.45, 2.75) is 82.1 Å².